The van der Waals surface area contributed by atoms with Gasteiger partial charge in [-0.3, -0.25) is 9.69 Å². The van der Waals surface area contributed by atoms with Gasteiger partial charge in [0.25, 0.3) is 0 Å². The Bertz CT molecular complexity index is 870. The Kier molecular flexibility index (Phi) is 7.27. The Morgan fingerprint density at radius 3 is 2.61 bits per heavy atom. The second kappa shape index (κ2) is 9.45. The number of rotatable bonds is 9. The Balaban J connectivity index is 1.92. The van der Waals surface area contributed by atoms with Crippen molar-refractivity contribution in [3.05, 3.63) is 24.0 Å². The highest BCUT2D eigenvalue weighted by molar-refractivity contribution is 7.22. The van der Waals surface area contributed by atoms with Crippen molar-refractivity contribution in [3.63, 3.8) is 0 Å². The van der Waals surface area contributed by atoms with E-state index in [1.165, 1.54) is 18.2 Å². The molecule has 0 saturated carbocycles. The standard InChI is InChI=1S/C18H22FN3O5S/c1-10(2)8-13(16(24)25)22(18(26)27)7-3-4-15(23)21-17-20-12-6-5-11(19)9-14(12)28-17/h5-6,9-10,13H,3-4,7-8H2,1-2H3,(H,24,25)(H,26,27)(H,20,21,23). The third-order valence-corrected chi connectivity index (χ3v) is 4.93. The molecule has 0 fully saturated rings. The van der Waals surface area contributed by atoms with E-state index < -0.39 is 23.9 Å². The van der Waals surface area contributed by atoms with Gasteiger partial charge in [-0.25, -0.2) is 19.0 Å². The fraction of sp³-hybridized carbons (Fsp3) is 0.444. The lowest BCUT2D eigenvalue weighted by molar-refractivity contribution is -0.143. The molecule has 0 aliphatic rings. The van der Waals surface area contributed by atoms with E-state index >= 15 is 0 Å². The van der Waals surface area contributed by atoms with Gasteiger partial charge in [-0.1, -0.05) is 25.2 Å². The number of amides is 2. The molecule has 0 saturated heterocycles. The SMILES string of the molecule is CC(C)CC(C(=O)O)N(CCCC(=O)Nc1nc2ccc(F)cc2s1)C(=O)O. The number of carbonyl (C=O) groups excluding carboxylic acids is 1. The number of aliphatic carboxylic acids is 1. The predicted octanol–water partition coefficient (Wildman–Crippen LogP) is 3.63. The van der Waals surface area contributed by atoms with E-state index in [2.05, 4.69) is 10.3 Å². The van der Waals surface area contributed by atoms with Crippen LogP contribution in [0.5, 0.6) is 0 Å². The molecule has 1 unspecified atom stereocenters. The molecule has 1 aromatic heterocycles. The van der Waals surface area contributed by atoms with E-state index in [-0.39, 0.29) is 37.6 Å². The monoisotopic (exact) mass is 411 g/mol. The van der Waals surface area contributed by atoms with Gasteiger partial charge in [-0.2, -0.15) is 0 Å². The first-order chi connectivity index (χ1) is 13.2. The molecule has 0 spiro atoms. The summed E-state index contributed by atoms with van der Waals surface area (Å²) in [6.07, 6.45) is -0.973. The van der Waals surface area contributed by atoms with Crippen molar-refractivity contribution in [3.8, 4) is 0 Å². The number of halogens is 1. The summed E-state index contributed by atoms with van der Waals surface area (Å²) in [5, 5.41) is 21.6. The zero-order chi connectivity index (χ0) is 20.8. The molecule has 2 aromatic rings. The highest BCUT2D eigenvalue weighted by atomic mass is 32.1. The van der Waals surface area contributed by atoms with Crippen molar-refractivity contribution in [2.75, 3.05) is 11.9 Å². The van der Waals surface area contributed by atoms with Crippen LogP contribution in [0.25, 0.3) is 10.2 Å². The van der Waals surface area contributed by atoms with Crippen molar-refractivity contribution in [2.24, 2.45) is 5.92 Å². The lowest BCUT2D eigenvalue weighted by atomic mass is 10.0. The number of nitrogens with one attached hydrogen (secondary N) is 1. The maximum Gasteiger partial charge on any atom is 0.408 e. The summed E-state index contributed by atoms with van der Waals surface area (Å²) >= 11 is 1.13. The molecule has 3 N–H and O–H groups in total. The normalized spacial score (nSPS) is 12.1. The summed E-state index contributed by atoms with van der Waals surface area (Å²) < 4.78 is 13.8. The lowest BCUT2D eigenvalue weighted by Gasteiger charge is -2.27. The Morgan fingerprint density at radius 1 is 1.29 bits per heavy atom. The minimum Gasteiger partial charge on any atom is -0.480 e. The molecule has 1 atom stereocenters. The van der Waals surface area contributed by atoms with E-state index in [4.69, 9.17) is 0 Å². The minimum atomic E-state index is -1.33. The first kappa shape index (κ1) is 21.5. The molecule has 0 bridgehead atoms. The highest BCUT2D eigenvalue weighted by Gasteiger charge is 2.29. The molecule has 8 nitrogen and oxygen atoms in total. The number of carboxylic acid groups (broad SMARTS) is 2. The molecule has 1 heterocycles. The zero-order valence-electron chi connectivity index (χ0n) is 15.5. The van der Waals surface area contributed by atoms with E-state index in [1.807, 2.05) is 13.8 Å². The Hall–Kier alpha value is -2.75. The molecule has 28 heavy (non-hydrogen) atoms. The number of fused-ring (bicyclic) bond motifs is 1. The van der Waals surface area contributed by atoms with E-state index in [0.717, 1.165) is 16.2 Å². The van der Waals surface area contributed by atoms with Crippen LogP contribution in [0.15, 0.2) is 18.2 Å². The van der Waals surface area contributed by atoms with Crippen LogP contribution in [-0.2, 0) is 9.59 Å². The third-order valence-electron chi connectivity index (χ3n) is 4.00. The van der Waals surface area contributed by atoms with Crippen molar-refractivity contribution >= 4 is 44.7 Å². The Labute approximate surface area is 165 Å². The van der Waals surface area contributed by atoms with Crippen LogP contribution in [-0.4, -0.2) is 50.7 Å². The van der Waals surface area contributed by atoms with Crippen molar-refractivity contribution in [1.29, 1.82) is 0 Å². The third kappa shape index (κ3) is 5.88. The van der Waals surface area contributed by atoms with Gasteiger partial charge < -0.3 is 15.5 Å². The van der Waals surface area contributed by atoms with Crippen LogP contribution < -0.4 is 5.32 Å². The topological polar surface area (TPSA) is 120 Å². The molecule has 0 aliphatic carbocycles. The summed E-state index contributed by atoms with van der Waals surface area (Å²) in [6, 6.07) is 2.97. The van der Waals surface area contributed by atoms with Gasteiger partial charge in [0.1, 0.15) is 11.9 Å². The summed E-state index contributed by atoms with van der Waals surface area (Å²) in [7, 11) is 0. The number of anilines is 1. The second-order valence-corrected chi connectivity index (χ2v) is 7.77. The van der Waals surface area contributed by atoms with Crippen LogP contribution >= 0.6 is 11.3 Å². The van der Waals surface area contributed by atoms with E-state index in [1.54, 1.807) is 0 Å². The fourth-order valence-electron chi connectivity index (χ4n) is 2.74. The number of hydrogen-bond donors (Lipinski definition) is 3. The van der Waals surface area contributed by atoms with Crippen LogP contribution in [0.4, 0.5) is 14.3 Å². The molecule has 10 heteroatoms. The number of carbonyl (C=O) groups is 3. The van der Waals surface area contributed by atoms with E-state index in [9.17, 15) is 29.0 Å². The second-order valence-electron chi connectivity index (χ2n) is 6.74. The summed E-state index contributed by atoms with van der Waals surface area (Å²) in [6.45, 7) is 3.55. The fourth-order valence-corrected chi connectivity index (χ4v) is 3.64. The maximum absolute atomic E-state index is 13.2. The molecule has 0 aliphatic heterocycles. The van der Waals surface area contributed by atoms with Gasteiger partial charge in [0, 0.05) is 13.0 Å². The average molecular weight is 411 g/mol. The number of thiazole rings is 1. The van der Waals surface area contributed by atoms with Crippen LogP contribution in [0.2, 0.25) is 0 Å². The van der Waals surface area contributed by atoms with Crippen LogP contribution in [0, 0.1) is 11.7 Å². The van der Waals surface area contributed by atoms with Gasteiger partial charge in [0.05, 0.1) is 10.2 Å². The first-order valence-corrected chi connectivity index (χ1v) is 9.57. The van der Waals surface area contributed by atoms with Crippen molar-refractivity contribution in [2.45, 2.75) is 39.2 Å². The lowest BCUT2D eigenvalue weighted by Crippen LogP contribution is -2.45. The molecule has 0 radical (unpaired) electrons. The zero-order valence-corrected chi connectivity index (χ0v) is 16.3. The number of carboxylic acids is 1. The van der Waals surface area contributed by atoms with Crippen LogP contribution in [0.3, 0.4) is 0 Å². The average Bonchev–Trinajstić information content (AvgIpc) is 2.97. The smallest absolute Gasteiger partial charge is 0.408 e. The molecule has 2 amide bonds. The Morgan fingerprint density at radius 2 is 2.00 bits per heavy atom. The predicted molar refractivity (Wildman–Crippen MR) is 103 cm³/mol. The molecule has 1 aromatic carbocycles. The van der Waals surface area contributed by atoms with Gasteiger partial charge in [-0.05, 0) is 37.0 Å². The number of aromatic nitrogens is 1. The summed E-state index contributed by atoms with van der Waals surface area (Å²) in [5.74, 6) is -1.96. The number of benzene rings is 1. The largest absolute Gasteiger partial charge is 0.480 e. The molecule has 2 rings (SSSR count). The maximum atomic E-state index is 13.2. The van der Waals surface area contributed by atoms with Gasteiger partial charge in [0.15, 0.2) is 5.13 Å². The van der Waals surface area contributed by atoms with Gasteiger partial charge in [-0.15, -0.1) is 0 Å². The number of hydrogen-bond acceptors (Lipinski definition) is 5. The summed E-state index contributed by atoms with van der Waals surface area (Å²) in [4.78, 5) is 40.0. The molecular weight excluding hydrogens is 389 g/mol. The highest BCUT2D eigenvalue weighted by Crippen LogP contribution is 2.26. The number of nitrogens with zero attached hydrogens (tertiary/aromatic N) is 2. The van der Waals surface area contributed by atoms with Crippen molar-refractivity contribution < 1.29 is 29.0 Å². The quantitative estimate of drug-likeness (QED) is 0.580. The molecule has 152 valence electrons. The van der Waals surface area contributed by atoms with Crippen LogP contribution in [0.1, 0.15) is 33.1 Å². The van der Waals surface area contributed by atoms with E-state index in [0.29, 0.717) is 15.3 Å². The van der Waals surface area contributed by atoms with Crippen molar-refractivity contribution in [1.82, 2.24) is 9.88 Å². The van der Waals surface area contributed by atoms with Gasteiger partial charge in [0.2, 0.25) is 5.91 Å². The minimum absolute atomic E-state index is 0.00207. The first-order valence-electron chi connectivity index (χ1n) is 8.75. The van der Waals surface area contributed by atoms with Gasteiger partial charge >= 0.3 is 12.1 Å². The molecular formula is C18H22FN3O5S. The summed E-state index contributed by atoms with van der Waals surface area (Å²) in [5.41, 5.74) is 0.566.